The Morgan fingerprint density at radius 3 is 1.98 bits per heavy atom. The molecule has 0 bridgehead atoms. The summed E-state index contributed by atoms with van der Waals surface area (Å²) in [5.74, 6) is -5.26. The zero-order chi connectivity index (χ0) is 38.1. The summed E-state index contributed by atoms with van der Waals surface area (Å²) >= 11 is 0. The van der Waals surface area contributed by atoms with E-state index in [9.17, 15) is 34.8 Å². The normalized spacial score (nSPS) is 48.9. The van der Waals surface area contributed by atoms with Crippen LogP contribution in [0.4, 0.5) is 0 Å². The lowest BCUT2D eigenvalue weighted by Crippen LogP contribution is -2.60. The van der Waals surface area contributed by atoms with Gasteiger partial charge in [0.15, 0.2) is 24.5 Å². The Morgan fingerprint density at radius 1 is 0.820 bits per heavy atom. The molecule has 3 saturated heterocycles. The quantitative estimate of drug-likeness (QED) is 0.279. The Kier molecular flexibility index (Phi) is 14.2. The number of aliphatic hydroxyl groups is 4. The molecule has 290 valence electrons. The van der Waals surface area contributed by atoms with Gasteiger partial charge in [0, 0.05) is 44.8 Å². The number of Topliss-reactive ketones (excluding diaryl/α,β-unsaturated/α-hetero) is 2. The van der Waals surface area contributed by atoms with Crippen molar-refractivity contribution < 1.29 is 68.0 Å². The van der Waals surface area contributed by atoms with Crippen LogP contribution in [-0.4, -0.2) is 130 Å². The number of rotatable bonds is 7. The van der Waals surface area contributed by atoms with Crippen molar-refractivity contribution in [2.24, 2.45) is 23.7 Å². The standard InChI is InChI=1S/C36H62O14/c1-13-24-36(10,43)29(40)19(4)26(38)17(2)15-35(9,45-12)31(50-33-27(39)23(37)14-18(3)46-33)20(5)28(21(6)32(42)48-24)49-25-16-34(8,44-11)30(41)22(7)47-25/h17-22,24-25,27-31,33,39-41,43H,13-16H2,1-12H3/t17-,18-,19+,20+,21-,22+,24-,25+,27-,28+,29-,30+,31-,33+,34-,35-,36-/m1/s1. The molecule has 0 aromatic rings. The largest absolute Gasteiger partial charge is 0.459 e. The van der Waals surface area contributed by atoms with Crippen LogP contribution in [0, 0.1) is 23.7 Å². The summed E-state index contributed by atoms with van der Waals surface area (Å²) in [5, 5.41) is 44.7. The lowest BCUT2D eigenvalue weighted by Gasteiger charge is -2.49. The van der Waals surface area contributed by atoms with Crippen LogP contribution in [0.3, 0.4) is 0 Å². The molecule has 4 N–H and O–H groups in total. The number of methoxy groups -OCH3 is 2. The van der Waals surface area contributed by atoms with Gasteiger partial charge in [-0.1, -0.05) is 27.7 Å². The smallest absolute Gasteiger partial charge is 0.311 e. The molecule has 50 heavy (non-hydrogen) atoms. The Morgan fingerprint density at radius 2 is 1.42 bits per heavy atom. The minimum Gasteiger partial charge on any atom is -0.459 e. The van der Waals surface area contributed by atoms with Gasteiger partial charge in [0.1, 0.15) is 23.6 Å². The van der Waals surface area contributed by atoms with E-state index >= 15 is 0 Å². The van der Waals surface area contributed by atoms with Crippen molar-refractivity contribution >= 4 is 17.5 Å². The molecule has 0 saturated carbocycles. The molecule has 0 spiro atoms. The minimum atomic E-state index is -1.99. The topological polar surface area (TPSA) is 197 Å². The van der Waals surface area contributed by atoms with Gasteiger partial charge in [-0.05, 0) is 54.4 Å². The van der Waals surface area contributed by atoms with Gasteiger partial charge in [0.05, 0.1) is 47.6 Å². The Labute approximate surface area is 296 Å². The van der Waals surface area contributed by atoms with Crippen molar-refractivity contribution in [1.29, 1.82) is 0 Å². The summed E-state index contributed by atoms with van der Waals surface area (Å²) in [6, 6.07) is 0. The number of ketones is 2. The summed E-state index contributed by atoms with van der Waals surface area (Å²) in [6.45, 7) is 16.4. The van der Waals surface area contributed by atoms with Crippen molar-refractivity contribution in [3.05, 3.63) is 0 Å². The molecule has 3 aliphatic rings. The van der Waals surface area contributed by atoms with Crippen LogP contribution in [-0.2, 0) is 47.5 Å². The fourth-order valence-corrected chi connectivity index (χ4v) is 7.94. The van der Waals surface area contributed by atoms with E-state index in [1.807, 2.05) is 0 Å². The highest BCUT2D eigenvalue weighted by Crippen LogP contribution is 2.41. The minimum absolute atomic E-state index is 0.00710. The Balaban J connectivity index is 2.21. The first-order valence-corrected chi connectivity index (χ1v) is 17.8. The first-order valence-electron chi connectivity index (χ1n) is 17.8. The van der Waals surface area contributed by atoms with Crippen LogP contribution in [0.1, 0.15) is 94.9 Å². The third kappa shape index (κ3) is 8.78. The van der Waals surface area contributed by atoms with Crippen molar-refractivity contribution in [3.8, 4) is 0 Å². The average Bonchev–Trinajstić information content (AvgIpc) is 3.06. The number of hydrogen-bond donors (Lipinski definition) is 4. The molecule has 17 atom stereocenters. The van der Waals surface area contributed by atoms with Gasteiger partial charge in [0.25, 0.3) is 0 Å². The molecule has 3 fully saturated rings. The van der Waals surface area contributed by atoms with E-state index in [0.29, 0.717) is 0 Å². The zero-order valence-electron chi connectivity index (χ0n) is 31.8. The van der Waals surface area contributed by atoms with Crippen molar-refractivity contribution in [2.75, 3.05) is 14.2 Å². The van der Waals surface area contributed by atoms with Crippen molar-refractivity contribution in [3.63, 3.8) is 0 Å². The molecule has 3 rings (SSSR count). The molecule has 0 amide bonds. The van der Waals surface area contributed by atoms with Crippen LogP contribution in [0.15, 0.2) is 0 Å². The fourth-order valence-electron chi connectivity index (χ4n) is 7.94. The lowest BCUT2D eigenvalue weighted by atomic mass is 9.74. The number of ether oxygens (including phenoxy) is 7. The number of aliphatic hydroxyl groups excluding tert-OH is 3. The van der Waals surface area contributed by atoms with Gasteiger partial charge in [0.2, 0.25) is 0 Å². The van der Waals surface area contributed by atoms with E-state index in [4.69, 9.17) is 33.2 Å². The number of cyclic esters (lactones) is 1. The highest BCUT2D eigenvalue weighted by atomic mass is 16.7. The summed E-state index contributed by atoms with van der Waals surface area (Å²) in [4.78, 5) is 40.6. The second kappa shape index (κ2) is 16.6. The number of carbonyl (C=O) groups is 3. The predicted molar refractivity (Wildman–Crippen MR) is 179 cm³/mol. The molecule has 14 nitrogen and oxygen atoms in total. The van der Waals surface area contributed by atoms with Crippen LogP contribution >= 0.6 is 0 Å². The number of esters is 1. The number of hydrogen-bond acceptors (Lipinski definition) is 14. The molecular weight excluding hydrogens is 656 g/mol. The molecule has 0 aliphatic carbocycles. The second-order valence-electron chi connectivity index (χ2n) is 15.5. The molecule has 14 heteroatoms. The summed E-state index contributed by atoms with van der Waals surface area (Å²) < 4.78 is 42.9. The van der Waals surface area contributed by atoms with Crippen LogP contribution in [0.2, 0.25) is 0 Å². The lowest BCUT2D eigenvalue weighted by molar-refractivity contribution is -0.312. The first-order chi connectivity index (χ1) is 23.1. The summed E-state index contributed by atoms with van der Waals surface area (Å²) in [5.41, 5.74) is -4.38. The van der Waals surface area contributed by atoms with Gasteiger partial charge in [-0.3, -0.25) is 14.4 Å². The third-order valence-corrected chi connectivity index (χ3v) is 11.4. The van der Waals surface area contributed by atoms with E-state index in [1.165, 1.54) is 28.1 Å². The highest BCUT2D eigenvalue weighted by molar-refractivity contribution is 5.84. The van der Waals surface area contributed by atoms with E-state index in [2.05, 4.69) is 0 Å². The maximum absolute atomic E-state index is 14.1. The molecule has 0 radical (unpaired) electrons. The van der Waals surface area contributed by atoms with E-state index in [1.54, 1.807) is 55.4 Å². The molecule has 3 heterocycles. The van der Waals surface area contributed by atoms with Crippen molar-refractivity contribution in [1.82, 2.24) is 0 Å². The Bertz CT molecular complexity index is 1180. The monoisotopic (exact) mass is 718 g/mol. The van der Waals surface area contributed by atoms with Crippen LogP contribution < -0.4 is 0 Å². The van der Waals surface area contributed by atoms with Gasteiger partial charge in [-0.2, -0.15) is 0 Å². The highest BCUT2D eigenvalue weighted by Gasteiger charge is 2.54. The maximum Gasteiger partial charge on any atom is 0.311 e. The van der Waals surface area contributed by atoms with Crippen molar-refractivity contribution in [2.45, 2.75) is 173 Å². The van der Waals surface area contributed by atoms with Gasteiger partial charge in [-0.15, -0.1) is 0 Å². The molecule has 0 unspecified atom stereocenters. The molecule has 3 aliphatic heterocycles. The average molecular weight is 719 g/mol. The molecule has 0 aromatic carbocycles. The van der Waals surface area contributed by atoms with E-state index in [-0.39, 0.29) is 31.5 Å². The van der Waals surface area contributed by atoms with E-state index < -0.39 is 114 Å². The van der Waals surface area contributed by atoms with Gasteiger partial charge >= 0.3 is 5.97 Å². The van der Waals surface area contributed by atoms with Crippen LogP contribution in [0.25, 0.3) is 0 Å². The van der Waals surface area contributed by atoms with Crippen LogP contribution in [0.5, 0.6) is 0 Å². The summed E-state index contributed by atoms with van der Waals surface area (Å²) in [7, 11) is 2.91. The fraction of sp³-hybridized carbons (Fsp3) is 0.917. The van der Waals surface area contributed by atoms with Gasteiger partial charge in [-0.25, -0.2) is 0 Å². The van der Waals surface area contributed by atoms with Gasteiger partial charge < -0.3 is 53.6 Å². The summed E-state index contributed by atoms with van der Waals surface area (Å²) in [6.07, 6.45) is -10.9. The molecular formula is C36H62O14. The second-order valence-corrected chi connectivity index (χ2v) is 15.5. The third-order valence-electron chi connectivity index (χ3n) is 11.4. The predicted octanol–water partition coefficient (Wildman–Crippen LogP) is 2.08. The SMILES string of the molecule is CC[C@H]1OC(=O)[C@H](C)[C@@H](O[C@H]2C[C@@](C)(OC)[C@@H](O)[C@H](C)O2)[C@H](C)[C@@H](O[C@@H]2O[C@H](C)CC(=O)[C@H]2O)[C@](C)(OC)C[C@@H](C)C(=O)[C@H](C)[C@@H](O)[C@]1(C)O. The molecule has 0 aromatic heterocycles. The maximum atomic E-state index is 14.1. The zero-order valence-corrected chi connectivity index (χ0v) is 31.8. The first kappa shape index (κ1) is 42.8. The Hall–Kier alpha value is -1.59. The number of carbonyl (C=O) groups excluding carboxylic acids is 3. The van der Waals surface area contributed by atoms with E-state index in [0.717, 1.165) is 0 Å².